The number of anilines is 1. The van der Waals surface area contributed by atoms with E-state index in [1.807, 2.05) is 17.0 Å². The molecule has 34 heavy (non-hydrogen) atoms. The Labute approximate surface area is 197 Å². The summed E-state index contributed by atoms with van der Waals surface area (Å²) in [6, 6.07) is 6.29. The first-order valence-electron chi connectivity index (χ1n) is 11.4. The summed E-state index contributed by atoms with van der Waals surface area (Å²) in [5.74, 6) is 1.28. The first-order valence-corrected chi connectivity index (χ1v) is 11.4. The maximum absolute atomic E-state index is 13.1. The summed E-state index contributed by atoms with van der Waals surface area (Å²) < 4.78 is 16.3. The van der Waals surface area contributed by atoms with Crippen LogP contribution in [0, 0.1) is 10.1 Å². The summed E-state index contributed by atoms with van der Waals surface area (Å²) in [5, 5.41) is 20.1. The van der Waals surface area contributed by atoms with Gasteiger partial charge < -0.3 is 24.0 Å². The lowest BCUT2D eigenvalue weighted by molar-refractivity contribution is -0.385. The Morgan fingerprint density at radius 3 is 2.26 bits per heavy atom. The van der Waals surface area contributed by atoms with Crippen molar-refractivity contribution in [2.45, 2.75) is 38.2 Å². The van der Waals surface area contributed by atoms with Gasteiger partial charge in [-0.05, 0) is 31.7 Å². The Kier molecular flexibility index (Phi) is 7.29. The average molecular weight is 472 g/mol. The lowest BCUT2D eigenvalue weighted by Gasteiger charge is -2.35. The topological polar surface area (TPSA) is 120 Å². The van der Waals surface area contributed by atoms with Crippen LogP contribution in [0.15, 0.2) is 24.3 Å². The van der Waals surface area contributed by atoms with E-state index in [1.54, 1.807) is 4.90 Å². The van der Waals surface area contributed by atoms with Crippen molar-refractivity contribution in [3.8, 4) is 17.4 Å². The van der Waals surface area contributed by atoms with E-state index in [0.29, 0.717) is 37.9 Å². The summed E-state index contributed by atoms with van der Waals surface area (Å²) in [5.41, 5.74) is -0.343. The molecule has 182 valence electrons. The molecule has 2 fully saturated rings. The lowest BCUT2D eigenvalue weighted by atomic mass is 9.98. The fraction of sp³-hybridized carbons (Fsp3) is 0.522. The first kappa shape index (κ1) is 23.5. The summed E-state index contributed by atoms with van der Waals surface area (Å²) in [7, 11) is 2.81. The molecule has 0 spiro atoms. The molecule has 1 aliphatic carbocycles. The van der Waals surface area contributed by atoms with Crippen LogP contribution >= 0.6 is 0 Å². The highest BCUT2D eigenvalue weighted by Crippen LogP contribution is 2.35. The van der Waals surface area contributed by atoms with Crippen molar-refractivity contribution in [1.82, 2.24) is 15.1 Å². The monoisotopic (exact) mass is 471 g/mol. The van der Waals surface area contributed by atoms with E-state index in [4.69, 9.17) is 14.2 Å². The summed E-state index contributed by atoms with van der Waals surface area (Å²) in [6.07, 6.45) is 5.95. The molecule has 2 heterocycles. The van der Waals surface area contributed by atoms with Crippen molar-refractivity contribution in [3.63, 3.8) is 0 Å². The summed E-state index contributed by atoms with van der Waals surface area (Å²) in [6.45, 7) is 1.85. The van der Waals surface area contributed by atoms with Gasteiger partial charge in [0.1, 0.15) is 11.7 Å². The van der Waals surface area contributed by atoms with Gasteiger partial charge in [-0.1, -0.05) is 6.42 Å². The molecule has 1 aliphatic heterocycles. The van der Waals surface area contributed by atoms with Gasteiger partial charge in [-0.3, -0.25) is 14.9 Å². The smallest absolute Gasteiger partial charge is 0.286 e. The molecular weight excluding hydrogens is 442 g/mol. The number of benzene rings is 1. The molecule has 0 atom stereocenters. The number of carbonyl (C=O) groups excluding carboxylic acids is 1. The van der Waals surface area contributed by atoms with Gasteiger partial charge in [0, 0.05) is 38.3 Å². The van der Waals surface area contributed by atoms with Gasteiger partial charge in [0.25, 0.3) is 11.6 Å². The number of nitrogens with zero attached hydrogens (tertiary/aromatic N) is 5. The second-order valence-corrected chi connectivity index (χ2v) is 8.37. The number of hydrogen-bond acceptors (Lipinski definition) is 9. The predicted octanol–water partition coefficient (Wildman–Crippen LogP) is 3.08. The summed E-state index contributed by atoms with van der Waals surface area (Å²) >= 11 is 0. The molecule has 4 rings (SSSR count). The van der Waals surface area contributed by atoms with Crippen LogP contribution in [0.2, 0.25) is 0 Å². The van der Waals surface area contributed by atoms with Crippen LogP contribution in [0.4, 0.5) is 11.5 Å². The van der Waals surface area contributed by atoms with E-state index in [0.717, 1.165) is 12.8 Å². The molecule has 11 nitrogen and oxygen atoms in total. The number of ether oxygens (including phenoxy) is 3. The maximum atomic E-state index is 13.1. The van der Waals surface area contributed by atoms with Gasteiger partial charge >= 0.3 is 0 Å². The third-order valence-corrected chi connectivity index (χ3v) is 6.29. The average Bonchev–Trinajstić information content (AvgIpc) is 2.88. The molecular formula is C23H29N5O6. The Balaban J connectivity index is 1.40. The number of nitro groups is 1. The fourth-order valence-corrected chi connectivity index (χ4v) is 4.40. The SMILES string of the molecule is COc1cc(C(=O)N2CCN(c3ccc(OC4CCCCC4)nn3)CC2)c([N+](=O)[O-])cc1OC. The van der Waals surface area contributed by atoms with Crippen molar-refractivity contribution < 1.29 is 23.9 Å². The van der Waals surface area contributed by atoms with E-state index < -0.39 is 10.8 Å². The van der Waals surface area contributed by atoms with Crippen molar-refractivity contribution in [3.05, 3.63) is 39.9 Å². The number of piperazine rings is 1. The van der Waals surface area contributed by atoms with Crippen LogP contribution in [-0.4, -0.2) is 72.4 Å². The Hall–Kier alpha value is -3.63. The molecule has 1 aromatic carbocycles. The highest BCUT2D eigenvalue weighted by atomic mass is 16.6. The Morgan fingerprint density at radius 2 is 1.68 bits per heavy atom. The van der Waals surface area contributed by atoms with E-state index >= 15 is 0 Å². The number of amides is 1. The third kappa shape index (κ3) is 5.13. The van der Waals surface area contributed by atoms with E-state index in [1.165, 1.54) is 45.6 Å². The largest absolute Gasteiger partial charge is 0.493 e. The molecule has 1 saturated carbocycles. The highest BCUT2D eigenvalue weighted by Gasteiger charge is 2.30. The predicted molar refractivity (Wildman–Crippen MR) is 124 cm³/mol. The standard InChI is InChI=1S/C23H29N5O6/c1-32-19-14-17(18(28(30)31)15-20(19)33-2)23(29)27-12-10-26(11-13-27)21-8-9-22(25-24-21)34-16-6-4-3-5-7-16/h8-9,14-16H,3-7,10-13H2,1-2H3. The molecule has 0 N–H and O–H groups in total. The van der Waals surface area contributed by atoms with Crippen LogP contribution in [-0.2, 0) is 0 Å². The molecule has 1 aromatic heterocycles. The van der Waals surface area contributed by atoms with Gasteiger partial charge in [-0.2, -0.15) is 0 Å². The van der Waals surface area contributed by atoms with Gasteiger partial charge in [0.15, 0.2) is 17.3 Å². The van der Waals surface area contributed by atoms with E-state index in [9.17, 15) is 14.9 Å². The molecule has 0 radical (unpaired) electrons. The number of rotatable bonds is 7. The second-order valence-electron chi connectivity index (χ2n) is 8.37. The first-order chi connectivity index (χ1) is 16.5. The zero-order valence-corrected chi connectivity index (χ0v) is 19.4. The Bertz CT molecular complexity index is 1020. The molecule has 0 unspecified atom stereocenters. The molecule has 0 bridgehead atoms. The van der Waals surface area contributed by atoms with Crippen molar-refractivity contribution >= 4 is 17.4 Å². The summed E-state index contributed by atoms with van der Waals surface area (Å²) in [4.78, 5) is 27.7. The molecule has 2 aromatic rings. The zero-order chi connectivity index (χ0) is 24.1. The zero-order valence-electron chi connectivity index (χ0n) is 19.4. The number of aromatic nitrogens is 2. The molecule has 1 saturated heterocycles. The van der Waals surface area contributed by atoms with Crippen molar-refractivity contribution in [1.29, 1.82) is 0 Å². The van der Waals surface area contributed by atoms with Gasteiger partial charge in [0.2, 0.25) is 5.88 Å². The van der Waals surface area contributed by atoms with Gasteiger partial charge in [0.05, 0.1) is 25.2 Å². The minimum atomic E-state index is -0.585. The number of hydrogen-bond donors (Lipinski definition) is 0. The van der Waals surface area contributed by atoms with Crippen LogP contribution < -0.4 is 19.1 Å². The fourth-order valence-electron chi connectivity index (χ4n) is 4.40. The van der Waals surface area contributed by atoms with Crippen molar-refractivity contribution in [2.24, 2.45) is 0 Å². The number of carbonyl (C=O) groups is 1. The second kappa shape index (κ2) is 10.5. The normalized spacial score (nSPS) is 16.8. The number of methoxy groups -OCH3 is 2. The quantitative estimate of drug-likeness (QED) is 0.443. The lowest BCUT2D eigenvalue weighted by Crippen LogP contribution is -2.49. The van der Waals surface area contributed by atoms with E-state index in [-0.39, 0.29) is 28.9 Å². The van der Waals surface area contributed by atoms with Gasteiger partial charge in [-0.15, -0.1) is 10.2 Å². The van der Waals surface area contributed by atoms with Crippen molar-refractivity contribution in [2.75, 3.05) is 45.3 Å². The van der Waals surface area contributed by atoms with Crippen LogP contribution in [0.25, 0.3) is 0 Å². The van der Waals surface area contributed by atoms with Gasteiger partial charge in [-0.25, -0.2) is 0 Å². The molecule has 11 heteroatoms. The molecule has 1 amide bonds. The third-order valence-electron chi connectivity index (χ3n) is 6.29. The number of nitro benzene ring substituents is 1. The highest BCUT2D eigenvalue weighted by molar-refractivity contribution is 5.99. The Morgan fingerprint density at radius 1 is 1.00 bits per heavy atom. The van der Waals surface area contributed by atoms with Crippen LogP contribution in [0.1, 0.15) is 42.5 Å². The minimum Gasteiger partial charge on any atom is -0.493 e. The minimum absolute atomic E-state index is 0.0277. The maximum Gasteiger partial charge on any atom is 0.286 e. The van der Waals surface area contributed by atoms with Crippen LogP contribution in [0.3, 0.4) is 0 Å². The van der Waals surface area contributed by atoms with E-state index in [2.05, 4.69) is 10.2 Å². The van der Waals surface area contributed by atoms with Crippen LogP contribution in [0.5, 0.6) is 17.4 Å². The molecule has 2 aliphatic rings.